The van der Waals surface area contributed by atoms with Gasteiger partial charge in [-0.25, -0.2) is 4.90 Å². The van der Waals surface area contributed by atoms with E-state index in [-0.39, 0.29) is 11.8 Å². The second-order valence-electron chi connectivity index (χ2n) is 6.96. The van der Waals surface area contributed by atoms with Crippen molar-refractivity contribution in [2.24, 2.45) is 0 Å². The third-order valence-electron chi connectivity index (χ3n) is 4.86. The minimum Gasteiger partial charge on any atom is -0.322 e. The normalized spacial score (nSPS) is 12.9. The molecule has 1 aliphatic heterocycles. The van der Waals surface area contributed by atoms with Crippen LogP contribution in [0.2, 0.25) is 5.02 Å². The minimum atomic E-state index is -0.410. The average Bonchev–Trinajstić information content (AvgIpc) is 2.93. The van der Waals surface area contributed by atoms with Gasteiger partial charge < -0.3 is 5.32 Å². The van der Waals surface area contributed by atoms with Crippen molar-refractivity contribution in [2.45, 2.75) is 13.8 Å². The third-order valence-corrected chi connectivity index (χ3v) is 5.09. The van der Waals surface area contributed by atoms with Crippen LogP contribution in [0.4, 0.5) is 11.4 Å². The van der Waals surface area contributed by atoms with E-state index in [0.29, 0.717) is 38.7 Å². The SMILES string of the molecule is Cc1ccc(C(=O)Nc2ccc(N3C(=O)c4ccc(Cl)cc4C3=O)c(C)c2)cc1. The second kappa shape index (κ2) is 7.18. The predicted molar refractivity (Wildman–Crippen MR) is 113 cm³/mol. The van der Waals surface area contributed by atoms with Crippen LogP contribution in [0.3, 0.4) is 0 Å². The van der Waals surface area contributed by atoms with Gasteiger partial charge in [0.25, 0.3) is 17.7 Å². The van der Waals surface area contributed by atoms with Crippen LogP contribution < -0.4 is 10.2 Å². The van der Waals surface area contributed by atoms with Crippen LogP contribution in [0.5, 0.6) is 0 Å². The van der Waals surface area contributed by atoms with E-state index in [1.54, 1.807) is 49.4 Å². The van der Waals surface area contributed by atoms with Gasteiger partial charge in [-0.3, -0.25) is 14.4 Å². The molecule has 0 aliphatic carbocycles. The van der Waals surface area contributed by atoms with Gasteiger partial charge in [0.1, 0.15) is 0 Å². The van der Waals surface area contributed by atoms with E-state index in [0.717, 1.165) is 10.5 Å². The number of hydrogen-bond acceptors (Lipinski definition) is 3. The molecule has 0 saturated carbocycles. The van der Waals surface area contributed by atoms with Crippen molar-refractivity contribution in [3.8, 4) is 0 Å². The average molecular weight is 405 g/mol. The van der Waals surface area contributed by atoms with E-state index < -0.39 is 5.91 Å². The van der Waals surface area contributed by atoms with Gasteiger partial charge in [0.15, 0.2) is 0 Å². The number of hydrogen-bond donors (Lipinski definition) is 1. The Hall–Kier alpha value is -3.44. The van der Waals surface area contributed by atoms with Gasteiger partial charge in [0.2, 0.25) is 0 Å². The molecule has 1 N–H and O–H groups in total. The number of amides is 3. The Bertz CT molecular complexity index is 1170. The number of carbonyl (C=O) groups is 3. The number of rotatable bonds is 3. The number of nitrogens with one attached hydrogen (secondary N) is 1. The number of aryl methyl sites for hydroxylation is 2. The molecule has 3 aromatic rings. The summed E-state index contributed by atoms with van der Waals surface area (Å²) in [6, 6.07) is 17.0. The number of nitrogens with zero attached hydrogens (tertiary/aromatic N) is 1. The van der Waals surface area contributed by atoms with Gasteiger partial charge in [0.05, 0.1) is 16.8 Å². The molecule has 1 heterocycles. The van der Waals surface area contributed by atoms with Crippen molar-refractivity contribution in [1.29, 1.82) is 0 Å². The Balaban J connectivity index is 1.60. The predicted octanol–water partition coefficient (Wildman–Crippen LogP) is 5.01. The molecule has 0 aromatic heterocycles. The van der Waals surface area contributed by atoms with Gasteiger partial charge in [-0.1, -0.05) is 29.3 Å². The fourth-order valence-corrected chi connectivity index (χ4v) is 3.50. The van der Waals surface area contributed by atoms with Crippen LogP contribution in [0, 0.1) is 13.8 Å². The van der Waals surface area contributed by atoms with E-state index in [1.807, 2.05) is 19.1 Å². The molecule has 0 spiro atoms. The maximum atomic E-state index is 12.8. The molecule has 0 saturated heterocycles. The van der Waals surface area contributed by atoms with Crippen LogP contribution >= 0.6 is 11.6 Å². The molecule has 29 heavy (non-hydrogen) atoms. The van der Waals surface area contributed by atoms with E-state index in [2.05, 4.69) is 5.32 Å². The highest BCUT2D eigenvalue weighted by atomic mass is 35.5. The zero-order valence-corrected chi connectivity index (χ0v) is 16.6. The summed E-state index contributed by atoms with van der Waals surface area (Å²) in [5.41, 5.74) is 3.98. The number of anilines is 2. The van der Waals surface area contributed by atoms with Gasteiger partial charge in [-0.05, 0) is 67.9 Å². The first-order chi connectivity index (χ1) is 13.8. The van der Waals surface area contributed by atoms with E-state index in [4.69, 9.17) is 11.6 Å². The Kier molecular flexibility index (Phi) is 4.68. The first kappa shape index (κ1) is 18.9. The van der Waals surface area contributed by atoms with Crippen LogP contribution in [0.15, 0.2) is 60.7 Å². The van der Waals surface area contributed by atoms with Crippen molar-refractivity contribution in [3.05, 3.63) is 93.5 Å². The van der Waals surface area contributed by atoms with Crippen LogP contribution in [-0.2, 0) is 0 Å². The van der Waals surface area contributed by atoms with Gasteiger partial charge in [-0.2, -0.15) is 0 Å². The molecule has 1 aliphatic rings. The third kappa shape index (κ3) is 3.41. The molecular weight excluding hydrogens is 388 g/mol. The summed E-state index contributed by atoms with van der Waals surface area (Å²) < 4.78 is 0. The fourth-order valence-electron chi connectivity index (χ4n) is 3.32. The molecule has 3 amide bonds. The van der Waals surface area contributed by atoms with Gasteiger partial charge in [0, 0.05) is 16.3 Å². The first-order valence-electron chi connectivity index (χ1n) is 9.02. The van der Waals surface area contributed by atoms with Gasteiger partial charge in [-0.15, -0.1) is 0 Å². The Morgan fingerprint density at radius 1 is 0.862 bits per heavy atom. The van der Waals surface area contributed by atoms with E-state index >= 15 is 0 Å². The lowest BCUT2D eigenvalue weighted by Gasteiger charge is -2.17. The molecular formula is C23H17ClN2O3. The molecule has 3 aromatic carbocycles. The smallest absolute Gasteiger partial charge is 0.266 e. The molecule has 0 radical (unpaired) electrons. The highest BCUT2D eigenvalue weighted by Crippen LogP contribution is 2.33. The molecule has 5 nitrogen and oxygen atoms in total. The van der Waals surface area contributed by atoms with Crippen molar-refractivity contribution in [3.63, 3.8) is 0 Å². The molecule has 4 rings (SSSR count). The molecule has 0 unspecified atom stereocenters. The maximum Gasteiger partial charge on any atom is 0.266 e. The number of benzene rings is 3. The van der Waals surface area contributed by atoms with Crippen LogP contribution in [-0.4, -0.2) is 17.7 Å². The molecule has 0 bridgehead atoms. The quantitative estimate of drug-likeness (QED) is 0.624. The van der Waals surface area contributed by atoms with E-state index in [9.17, 15) is 14.4 Å². The summed E-state index contributed by atoms with van der Waals surface area (Å²) in [5.74, 6) is -1.03. The monoisotopic (exact) mass is 404 g/mol. The van der Waals surface area contributed by atoms with Crippen molar-refractivity contribution < 1.29 is 14.4 Å². The Labute approximate surface area is 172 Å². The van der Waals surface area contributed by atoms with Crippen molar-refractivity contribution in [2.75, 3.05) is 10.2 Å². The first-order valence-corrected chi connectivity index (χ1v) is 9.40. The Morgan fingerprint density at radius 3 is 2.24 bits per heavy atom. The lowest BCUT2D eigenvalue weighted by atomic mass is 10.1. The van der Waals surface area contributed by atoms with Crippen LogP contribution in [0.1, 0.15) is 42.2 Å². The fraction of sp³-hybridized carbons (Fsp3) is 0.0870. The number of imide groups is 1. The minimum absolute atomic E-state index is 0.229. The zero-order valence-electron chi connectivity index (χ0n) is 15.8. The molecule has 6 heteroatoms. The van der Waals surface area contributed by atoms with E-state index in [1.165, 1.54) is 6.07 Å². The molecule has 0 atom stereocenters. The highest BCUT2D eigenvalue weighted by molar-refractivity contribution is 6.37. The maximum absolute atomic E-state index is 12.8. The lowest BCUT2D eigenvalue weighted by molar-refractivity contribution is 0.0924. The molecule has 0 fully saturated rings. The van der Waals surface area contributed by atoms with Crippen molar-refractivity contribution >= 4 is 40.7 Å². The standard InChI is InChI=1S/C23H17ClN2O3/c1-13-3-5-15(6-4-13)21(27)25-17-8-10-20(14(2)11-17)26-22(28)18-9-7-16(24)12-19(18)23(26)29/h3-12H,1-2H3,(H,25,27). The second-order valence-corrected chi connectivity index (χ2v) is 7.39. The lowest BCUT2D eigenvalue weighted by Crippen LogP contribution is -2.30. The topological polar surface area (TPSA) is 66.5 Å². The largest absolute Gasteiger partial charge is 0.322 e. The summed E-state index contributed by atoms with van der Waals surface area (Å²) in [4.78, 5) is 39.1. The summed E-state index contributed by atoms with van der Waals surface area (Å²) in [5, 5.41) is 3.24. The summed E-state index contributed by atoms with van der Waals surface area (Å²) in [6.07, 6.45) is 0. The molecule has 144 valence electrons. The summed E-state index contributed by atoms with van der Waals surface area (Å²) in [7, 11) is 0. The zero-order chi connectivity index (χ0) is 20.7. The number of halogens is 1. The number of carbonyl (C=O) groups excluding carboxylic acids is 3. The summed E-state index contributed by atoms with van der Waals surface area (Å²) in [6.45, 7) is 3.74. The number of fused-ring (bicyclic) bond motifs is 1. The Morgan fingerprint density at radius 2 is 1.55 bits per heavy atom. The van der Waals surface area contributed by atoms with Gasteiger partial charge >= 0.3 is 0 Å². The summed E-state index contributed by atoms with van der Waals surface area (Å²) >= 11 is 5.97. The van der Waals surface area contributed by atoms with Crippen molar-refractivity contribution in [1.82, 2.24) is 0 Å². The van der Waals surface area contributed by atoms with Crippen LogP contribution in [0.25, 0.3) is 0 Å². The highest BCUT2D eigenvalue weighted by Gasteiger charge is 2.37.